The molecule has 0 saturated heterocycles. The number of hydrogen-bond donors (Lipinski definition) is 2. The summed E-state index contributed by atoms with van der Waals surface area (Å²) < 4.78 is 17.3. The second-order valence-electron chi connectivity index (χ2n) is 7.92. The number of carbonyl (C=O) groups is 1. The van der Waals surface area contributed by atoms with Crippen LogP contribution >= 0.6 is 0 Å². The van der Waals surface area contributed by atoms with Crippen LogP contribution in [0.3, 0.4) is 0 Å². The van der Waals surface area contributed by atoms with Crippen LogP contribution in [-0.2, 0) is 11.3 Å². The van der Waals surface area contributed by atoms with Gasteiger partial charge in [0.05, 0.1) is 26.8 Å². The summed E-state index contributed by atoms with van der Waals surface area (Å²) >= 11 is 0. The normalized spacial score (nSPS) is 10.8. The Bertz CT molecular complexity index is 1160. The zero-order valence-electron chi connectivity index (χ0n) is 19.6. The molecule has 0 atom stereocenters. The van der Waals surface area contributed by atoms with Gasteiger partial charge in [0.1, 0.15) is 12.4 Å². The maximum absolute atomic E-state index is 12.8. The van der Waals surface area contributed by atoms with E-state index in [0.29, 0.717) is 46.7 Å². The van der Waals surface area contributed by atoms with Gasteiger partial charge in [-0.05, 0) is 24.5 Å². The maximum atomic E-state index is 12.8. The number of hydrogen-bond acceptors (Lipinski definition) is 7. The summed E-state index contributed by atoms with van der Waals surface area (Å²) in [5, 5.41) is 6.82. The van der Waals surface area contributed by atoms with Crippen LogP contribution in [-0.4, -0.2) is 43.3 Å². The molecular weight excluding hydrogens is 424 g/mol. The van der Waals surface area contributed by atoms with Gasteiger partial charge in [0.15, 0.2) is 11.5 Å². The van der Waals surface area contributed by atoms with Crippen molar-refractivity contribution >= 4 is 28.3 Å². The second kappa shape index (κ2) is 10.7. The Morgan fingerprint density at radius 2 is 1.73 bits per heavy atom. The monoisotopic (exact) mass is 454 g/mol. The number of carbonyl (C=O) groups excluding carboxylic acids is 1. The van der Waals surface area contributed by atoms with Crippen molar-refractivity contribution in [1.82, 2.24) is 9.55 Å². The van der Waals surface area contributed by atoms with Gasteiger partial charge in [0.25, 0.3) is 0 Å². The lowest BCUT2D eigenvalue weighted by Gasteiger charge is -2.16. The Labute approximate surface area is 192 Å². The van der Waals surface area contributed by atoms with Gasteiger partial charge in [-0.2, -0.15) is 4.98 Å². The number of methoxy groups -OCH3 is 3. The van der Waals surface area contributed by atoms with E-state index in [1.807, 2.05) is 18.2 Å². The first-order chi connectivity index (χ1) is 15.9. The SMILES string of the molecule is COc1cc(NC(=O)Cn2c(=O)nc(NCCC(C)C)c3ccccc32)cc(OC)c1OC. The minimum atomic E-state index is -0.499. The van der Waals surface area contributed by atoms with Gasteiger partial charge in [-0.15, -0.1) is 0 Å². The number of nitrogens with zero attached hydrogens (tertiary/aromatic N) is 2. The average molecular weight is 455 g/mol. The van der Waals surface area contributed by atoms with Crippen LogP contribution in [0.25, 0.3) is 10.9 Å². The topological polar surface area (TPSA) is 104 Å². The molecule has 0 radical (unpaired) electrons. The highest BCUT2D eigenvalue weighted by Crippen LogP contribution is 2.39. The van der Waals surface area contributed by atoms with E-state index >= 15 is 0 Å². The summed E-state index contributed by atoms with van der Waals surface area (Å²) in [4.78, 5) is 29.8. The molecule has 0 saturated carbocycles. The summed E-state index contributed by atoms with van der Waals surface area (Å²) in [5.74, 6) is 1.91. The van der Waals surface area contributed by atoms with E-state index in [0.717, 1.165) is 11.8 Å². The molecule has 33 heavy (non-hydrogen) atoms. The average Bonchev–Trinajstić information content (AvgIpc) is 2.80. The Kier molecular flexibility index (Phi) is 7.76. The van der Waals surface area contributed by atoms with Crippen molar-refractivity contribution in [3.05, 3.63) is 46.9 Å². The van der Waals surface area contributed by atoms with Crippen molar-refractivity contribution in [2.24, 2.45) is 5.92 Å². The van der Waals surface area contributed by atoms with Crippen LogP contribution < -0.4 is 30.5 Å². The number of aromatic nitrogens is 2. The van der Waals surface area contributed by atoms with Gasteiger partial charge in [0, 0.05) is 29.8 Å². The van der Waals surface area contributed by atoms with Crippen LogP contribution in [0.2, 0.25) is 0 Å². The molecule has 0 aliphatic carbocycles. The Morgan fingerprint density at radius 1 is 1.06 bits per heavy atom. The van der Waals surface area contributed by atoms with E-state index in [9.17, 15) is 9.59 Å². The van der Waals surface area contributed by atoms with E-state index in [4.69, 9.17) is 14.2 Å². The quantitative estimate of drug-likeness (QED) is 0.483. The number of amides is 1. The molecule has 176 valence electrons. The van der Waals surface area contributed by atoms with Gasteiger partial charge < -0.3 is 24.8 Å². The number of nitrogens with one attached hydrogen (secondary N) is 2. The van der Waals surface area contributed by atoms with E-state index in [-0.39, 0.29) is 12.5 Å². The molecule has 0 fully saturated rings. The van der Waals surface area contributed by atoms with Gasteiger partial charge >= 0.3 is 5.69 Å². The minimum absolute atomic E-state index is 0.199. The molecule has 9 nitrogen and oxygen atoms in total. The zero-order valence-corrected chi connectivity index (χ0v) is 19.6. The molecule has 0 spiro atoms. The highest BCUT2D eigenvalue weighted by atomic mass is 16.5. The van der Waals surface area contributed by atoms with E-state index in [1.54, 1.807) is 18.2 Å². The maximum Gasteiger partial charge on any atom is 0.350 e. The molecular formula is C24H30N4O5. The number of ether oxygens (including phenoxy) is 3. The predicted molar refractivity (Wildman–Crippen MR) is 129 cm³/mol. The third-order valence-electron chi connectivity index (χ3n) is 5.15. The first kappa shape index (κ1) is 23.9. The fraction of sp³-hybridized carbons (Fsp3) is 0.375. The highest BCUT2D eigenvalue weighted by Gasteiger charge is 2.16. The number of fused-ring (bicyclic) bond motifs is 1. The Balaban J connectivity index is 1.87. The van der Waals surface area contributed by atoms with Crippen molar-refractivity contribution in [2.75, 3.05) is 38.5 Å². The van der Waals surface area contributed by atoms with Gasteiger partial charge in [-0.25, -0.2) is 4.79 Å². The summed E-state index contributed by atoms with van der Waals surface area (Å²) in [5.41, 5.74) is 0.581. The van der Waals surface area contributed by atoms with Crippen molar-refractivity contribution in [3.8, 4) is 17.2 Å². The molecule has 0 unspecified atom stereocenters. The third kappa shape index (κ3) is 5.54. The Morgan fingerprint density at radius 3 is 2.33 bits per heavy atom. The fourth-order valence-corrected chi connectivity index (χ4v) is 3.49. The van der Waals surface area contributed by atoms with Crippen molar-refractivity contribution in [3.63, 3.8) is 0 Å². The lowest BCUT2D eigenvalue weighted by Crippen LogP contribution is -2.30. The summed E-state index contributed by atoms with van der Waals surface area (Å²) in [6.45, 7) is 4.78. The molecule has 0 aliphatic rings. The molecule has 3 rings (SSSR count). The van der Waals surface area contributed by atoms with Crippen LogP contribution in [0.5, 0.6) is 17.2 Å². The predicted octanol–water partition coefficient (Wildman–Crippen LogP) is 3.52. The summed E-state index contributed by atoms with van der Waals surface area (Å²) in [7, 11) is 4.50. The molecule has 2 aromatic carbocycles. The van der Waals surface area contributed by atoms with E-state index < -0.39 is 5.69 Å². The van der Waals surface area contributed by atoms with Crippen LogP contribution in [0, 0.1) is 5.92 Å². The second-order valence-corrected chi connectivity index (χ2v) is 7.92. The molecule has 3 aromatic rings. The summed E-state index contributed by atoms with van der Waals surface area (Å²) in [6.07, 6.45) is 0.955. The van der Waals surface area contributed by atoms with Gasteiger partial charge in [0.2, 0.25) is 11.7 Å². The molecule has 0 bridgehead atoms. The van der Waals surface area contributed by atoms with Crippen molar-refractivity contribution in [1.29, 1.82) is 0 Å². The smallest absolute Gasteiger partial charge is 0.350 e. The van der Waals surface area contributed by atoms with Crippen LogP contribution in [0.15, 0.2) is 41.2 Å². The van der Waals surface area contributed by atoms with Crippen LogP contribution in [0.1, 0.15) is 20.3 Å². The zero-order chi connectivity index (χ0) is 24.0. The number of rotatable bonds is 10. The largest absolute Gasteiger partial charge is 0.493 e. The number of para-hydroxylation sites is 1. The Hall–Kier alpha value is -3.75. The highest BCUT2D eigenvalue weighted by molar-refractivity contribution is 5.94. The number of anilines is 2. The molecule has 1 heterocycles. The standard InChI is InChI=1S/C24H30N4O5/c1-15(2)10-11-25-23-17-8-6-7-9-18(17)28(24(30)27-23)14-21(29)26-16-12-19(31-3)22(33-5)20(13-16)32-4/h6-9,12-13,15H,10-11,14H2,1-5H3,(H,26,29)(H,25,27,30). The fourth-order valence-electron chi connectivity index (χ4n) is 3.49. The molecule has 1 aromatic heterocycles. The van der Waals surface area contributed by atoms with Crippen molar-refractivity contribution in [2.45, 2.75) is 26.8 Å². The van der Waals surface area contributed by atoms with Crippen LogP contribution in [0.4, 0.5) is 11.5 Å². The van der Waals surface area contributed by atoms with Gasteiger partial charge in [-0.1, -0.05) is 26.0 Å². The molecule has 0 aliphatic heterocycles. The number of benzene rings is 2. The van der Waals surface area contributed by atoms with E-state index in [1.165, 1.54) is 25.9 Å². The minimum Gasteiger partial charge on any atom is -0.493 e. The lowest BCUT2D eigenvalue weighted by molar-refractivity contribution is -0.116. The van der Waals surface area contributed by atoms with Crippen molar-refractivity contribution < 1.29 is 19.0 Å². The molecule has 1 amide bonds. The van der Waals surface area contributed by atoms with Gasteiger partial charge in [-0.3, -0.25) is 9.36 Å². The van der Waals surface area contributed by atoms with E-state index in [2.05, 4.69) is 29.5 Å². The molecule has 9 heteroatoms. The first-order valence-corrected chi connectivity index (χ1v) is 10.7. The summed E-state index contributed by atoms with van der Waals surface area (Å²) in [6, 6.07) is 10.6. The lowest BCUT2D eigenvalue weighted by atomic mass is 10.1. The third-order valence-corrected chi connectivity index (χ3v) is 5.15. The molecule has 2 N–H and O–H groups in total. The first-order valence-electron chi connectivity index (χ1n) is 10.7.